The van der Waals surface area contributed by atoms with Crippen LogP contribution in [0.1, 0.15) is 40.1 Å². The minimum Gasteiger partial charge on any atom is -0.486 e. The summed E-state index contributed by atoms with van der Waals surface area (Å²) in [5.41, 5.74) is 3.19. The molecule has 0 unspecified atom stereocenters. The standard InChI is InChI=1S/C24H22FNO2/c1-17(18-8-3-2-4-9-18)28-23-13-7-11-21-20(23)14-15-26(24(21)27)16-19-10-5-6-12-22(19)25/h2-13,17H,14-16H2,1H3/t17-/m0/s1. The van der Waals surface area contributed by atoms with E-state index in [1.807, 2.05) is 55.5 Å². The van der Waals surface area contributed by atoms with E-state index in [0.29, 0.717) is 24.1 Å². The average molecular weight is 375 g/mol. The highest BCUT2D eigenvalue weighted by Crippen LogP contribution is 2.32. The van der Waals surface area contributed by atoms with Crippen molar-refractivity contribution in [2.75, 3.05) is 6.54 Å². The van der Waals surface area contributed by atoms with Crippen LogP contribution in [-0.4, -0.2) is 17.4 Å². The van der Waals surface area contributed by atoms with Gasteiger partial charge >= 0.3 is 0 Å². The molecule has 1 aliphatic heterocycles. The molecule has 3 aromatic carbocycles. The Hall–Kier alpha value is -3.14. The first-order chi connectivity index (χ1) is 13.6. The quantitative estimate of drug-likeness (QED) is 0.616. The van der Waals surface area contributed by atoms with Crippen molar-refractivity contribution in [3.63, 3.8) is 0 Å². The lowest BCUT2D eigenvalue weighted by Crippen LogP contribution is -2.37. The number of benzene rings is 3. The Morgan fingerprint density at radius 1 is 1.00 bits per heavy atom. The van der Waals surface area contributed by atoms with E-state index in [2.05, 4.69) is 0 Å². The van der Waals surface area contributed by atoms with Crippen molar-refractivity contribution in [3.8, 4) is 5.75 Å². The van der Waals surface area contributed by atoms with E-state index in [4.69, 9.17) is 4.74 Å². The van der Waals surface area contributed by atoms with Crippen molar-refractivity contribution in [3.05, 3.63) is 101 Å². The van der Waals surface area contributed by atoms with Gasteiger partial charge in [0.15, 0.2) is 0 Å². The van der Waals surface area contributed by atoms with Gasteiger partial charge in [-0.1, -0.05) is 54.6 Å². The van der Waals surface area contributed by atoms with Crippen molar-refractivity contribution in [1.29, 1.82) is 0 Å². The second kappa shape index (κ2) is 7.85. The van der Waals surface area contributed by atoms with Crippen LogP contribution >= 0.6 is 0 Å². The summed E-state index contributed by atoms with van der Waals surface area (Å²) in [5.74, 6) is 0.380. The summed E-state index contributed by atoms with van der Waals surface area (Å²) < 4.78 is 20.2. The molecule has 4 heteroatoms. The molecule has 28 heavy (non-hydrogen) atoms. The zero-order chi connectivity index (χ0) is 19.5. The van der Waals surface area contributed by atoms with Gasteiger partial charge in [0.05, 0.1) is 0 Å². The maximum absolute atomic E-state index is 14.0. The van der Waals surface area contributed by atoms with Gasteiger partial charge in [-0.25, -0.2) is 4.39 Å². The third-order valence-corrected chi connectivity index (χ3v) is 5.17. The van der Waals surface area contributed by atoms with Crippen molar-refractivity contribution in [2.45, 2.75) is 26.0 Å². The van der Waals surface area contributed by atoms with Gasteiger partial charge in [0.25, 0.3) is 5.91 Å². The molecule has 142 valence electrons. The normalized spacial score (nSPS) is 14.5. The maximum atomic E-state index is 14.0. The highest BCUT2D eigenvalue weighted by atomic mass is 19.1. The highest BCUT2D eigenvalue weighted by Gasteiger charge is 2.27. The van der Waals surface area contributed by atoms with Crippen LogP contribution in [0.3, 0.4) is 0 Å². The summed E-state index contributed by atoms with van der Waals surface area (Å²) in [4.78, 5) is 14.7. The molecule has 0 spiro atoms. The predicted octanol–water partition coefficient (Wildman–Crippen LogP) is 5.16. The number of hydrogen-bond donors (Lipinski definition) is 0. The van der Waals surface area contributed by atoms with Crippen LogP contribution in [0.5, 0.6) is 5.75 Å². The lowest BCUT2D eigenvalue weighted by Gasteiger charge is -2.30. The van der Waals surface area contributed by atoms with Crippen LogP contribution in [-0.2, 0) is 13.0 Å². The Balaban J connectivity index is 1.55. The number of carbonyl (C=O) groups is 1. The molecule has 0 N–H and O–H groups in total. The van der Waals surface area contributed by atoms with Crippen molar-refractivity contribution < 1.29 is 13.9 Å². The zero-order valence-electron chi connectivity index (χ0n) is 15.8. The van der Waals surface area contributed by atoms with E-state index in [1.54, 1.807) is 23.1 Å². The zero-order valence-corrected chi connectivity index (χ0v) is 15.8. The predicted molar refractivity (Wildman–Crippen MR) is 107 cm³/mol. The SMILES string of the molecule is C[C@H](Oc1cccc2c1CCN(Cc1ccccc1F)C2=O)c1ccccc1. The fourth-order valence-electron chi connectivity index (χ4n) is 3.62. The van der Waals surface area contributed by atoms with Crippen molar-refractivity contribution in [2.24, 2.45) is 0 Å². The van der Waals surface area contributed by atoms with Crippen LogP contribution in [0.4, 0.5) is 4.39 Å². The summed E-state index contributed by atoms with van der Waals surface area (Å²) in [6, 6.07) is 22.2. The van der Waals surface area contributed by atoms with Gasteiger partial charge in [-0.05, 0) is 37.1 Å². The Kier molecular flexibility index (Phi) is 5.11. The first-order valence-corrected chi connectivity index (χ1v) is 9.49. The number of amides is 1. The molecule has 0 fully saturated rings. The second-order valence-electron chi connectivity index (χ2n) is 7.02. The topological polar surface area (TPSA) is 29.5 Å². The van der Waals surface area contributed by atoms with Gasteiger partial charge in [0.1, 0.15) is 17.7 Å². The molecule has 1 heterocycles. The smallest absolute Gasteiger partial charge is 0.254 e. The van der Waals surface area contributed by atoms with E-state index < -0.39 is 0 Å². The molecule has 3 aromatic rings. The minimum absolute atomic E-state index is 0.0812. The number of halogens is 1. The number of hydrogen-bond acceptors (Lipinski definition) is 2. The van der Waals surface area contributed by atoms with Gasteiger partial charge in [-0.15, -0.1) is 0 Å². The van der Waals surface area contributed by atoms with Crippen LogP contribution in [0.25, 0.3) is 0 Å². The van der Waals surface area contributed by atoms with Crippen LogP contribution < -0.4 is 4.74 Å². The molecule has 1 atom stereocenters. The van der Waals surface area contributed by atoms with Gasteiger partial charge in [0, 0.05) is 29.8 Å². The summed E-state index contributed by atoms with van der Waals surface area (Å²) in [5, 5.41) is 0. The molecule has 0 aromatic heterocycles. The lowest BCUT2D eigenvalue weighted by atomic mass is 9.97. The van der Waals surface area contributed by atoms with E-state index in [9.17, 15) is 9.18 Å². The molecule has 0 saturated carbocycles. The number of ether oxygens (including phenoxy) is 1. The molecular formula is C24H22FNO2. The summed E-state index contributed by atoms with van der Waals surface area (Å²) in [7, 11) is 0. The van der Waals surface area contributed by atoms with Crippen LogP contribution in [0.15, 0.2) is 72.8 Å². The number of fused-ring (bicyclic) bond motifs is 1. The molecule has 1 amide bonds. The van der Waals surface area contributed by atoms with E-state index in [0.717, 1.165) is 16.9 Å². The molecule has 3 nitrogen and oxygen atoms in total. The van der Waals surface area contributed by atoms with Crippen LogP contribution in [0, 0.1) is 5.82 Å². The van der Waals surface area contributed by atoms with E-state index in [1.165, 1.54) is 6.07 Å². The number of nitrogens with zero attached hydrogens (tertiary/aromatic N) is 1. The molecular weight excluding hydrogens is 353 g/mol. The van der Waals surface area contributed by atoms with Gasteiger partial charge in [-0.2, -0.15) is 0 Å². The maximum Gasteiger partial charge on any atom is 0.254 e. The van der Waals surface area contributed by atoms with Crippen molar-refractivity contribution >= 4 is 5.91 Å². The average Bonchev–Trinajstić information content (AvgIpc) is 2.72. The molecule has 0 bridgehead atoms. The molecule has 0 saturated heterocycles. The monoisotopic (exact) mass is 375 g/mol. The van der Waals surface area contributed by atoms with Gasteiger partial charge in [0.2, 0.25) is 0 Å². The fourth-order valence-corrected chi connectivity index (χ4v) is 3.62. The largest absolute Gasteiger partial charge is 0.486 e. The Morgan fingerprint density at radius 3 is 2.54 bits per heavy atom. The minimum atomic E-state index is -0.283. The van der Waals surface area contributed by atoms with E-state index >= 15 is 0 Å². The highest BCUT2D eigenvalue weighted by molar-refractivity contribution is 5.97. The number of carbonyl (C=O) groups excluding carboxylic acids is 1. The van der Waals surface area contributed by atoms with Gasteiger partial charge < -0.3 is 9.64 Å². The first-order valence-electron chi connectivity index (χ1n) is 9.49. The van der Waals surface area contributed by atoms with E-state index in [-0.39, 0.29) is 24.4 Å². The second-order valence-corrected chi connectivity index (χ2v) is 7.02. The fraction of sp³-hybridized carbons (Fsp3) is 0.208. The Labute approximate surface area is 164 Å². The van der Waals surface area contributed by atoms with Crippen LogP contribution in [0.2, 0.25) is 0 Å². The van der Waals surface area contributed by atoms with Gasteiger partial charge in [-0.3, -0.25) is 4.79 Å². The third-order valence-electron chi connectivity index (χ3n) is 5.17. The first kappa shape index (κ1) is 18.2. The van der Waals surface area contributed by atoms with Crippen molar-refractivity contribution in [1.82, 2.24) is 4.90 Å². The molecule has 4 rings (SSSR count). The number of rotatable bonds is 5. The third kappa shape index (κ3) is 3.63. The molecule has 1 aliphatic rings. The molecule has 0 aliphatic carbocycles. The summed E-state index contributed by atoms with van der Waals surface area (Å²) in [6.45, 7) is 2.82. The Morgan fingerprint density at radius 2 is 1.75 bits per heavy atom. The molecule has 0 radical (unpaired) electrons. The summed E-state index contributed by atoms with van der Waals surface area (Å²) in [6.07, 6.45) is 0.576. The lowest BCUT2D eigenvalue weighted by molar-refractivity contribution is 0.0722. The summed E-state index contributed by atoms with van der Waals surface area (Å²) >= 11 is 0. The Bertz CT molecular complexity index is 987.